The van der Waals surface area contributed by atoms with Crippen molar-refractivity contribution in [2.75, 3.05) is 19.0 Å². The van der Waals surface area contributed by atoms with Crippen molar-refractivity contribution in [3.8, 4) is 5.75 Å². The van der Waals surface area contributed by atoms with Crippen LogP contribution in [0.25, 0.3) is 0 Å². The zero-order chi connectivity index (χ0) is 13.8. The van der Waals surface area contributed by atoms with Gasteiger partial charge in [-0.25, -0.2) is 4.98 Å². The number of azo groups is 1. The maximum absolute atomic E-state index is 10.00. The molecule has 5 nitrogen and oxygen atoms in total. The number of rotatable bonds is 3. The fourth-order valence-corrected chi connectivity index (χ4v) is 1.64. The zero-order valence-electron chi connectivity index (χ0n) is 11.2. The number of anilines is 1. The lowest BCUT2D eigenvalue weighted by Gasteiger charge is -2.14. The maximum Gasteiger partial charge on any atom is 0.174 e. The van der Waals surface area contributed by atoms with Crippen molar-refractivity contribution in [3.63, 3.8) is 0 Å². The highest BCUT2D eigenvalue weighted by atomic mass is 16.3. The second kappa shape index (κ2) is 5.48. The van der Waals surface area contributed by atoms with E-state index in [4.69, 9.17) is 0 Å². The molecule has 2 aromatic rings. The van der Waals surface area contributed by atoms with Crippen LogP contribution in [0.2, 0.25) is 0 Å². The Morgan fingerprint density at radius 2 is 1.95 bits per heavy atom. The Morgan fingerprint density at radius 3 is 2.53 bits per heavy atom. The molecule has 0 radical (unpaired) electrons. The molecular weight excluding hydrogens is 240 g/mol. The molecule has 1 heterocycles. The minimum atomic E-state index is 0.114. The van der Waals surface area contributed by atoms with Crippen molar-refractivity contribution in [2.45, 2.75) is 6.92 Å². The van der Waals surface area contributed by atoms with Gasteiger partial charge in [0.05, 0.1) is 0 Å². The Hall–Kier alpha value is -2.43. The van der Waals surface area contributed by atoms with Gasteiger partial charge in [-0.3, -0.25) is 0 Å². The van der Waals surface area contributed by atoms with Crippen LogP contribution in [-0.2, 0) is 0 Å². The van der Waals surface area contributed by atoms with Crippen molar-refractivity contribution in [1.82, 2.24) is 4.98 Å². The summed E-state index contributed by atoms with van der Waals surface area (Å²) in [5, 5.41) is 18.1. The summed E-state index contributed by atoms with van der Waals surface area (Å²) in [6, 6.07) is 9.02. The van der Waals surface area contributed by atoms with E-state index in [-0.39, 0.29) is 5.75 Å². The first kappa shape index (κ1) is 13.0. The Morgan fingerprint density at radius 1 is 1.16 bits per heavy atom. The number of phenolic OH excluding ortho intramolecular Hbond substituents is 1. The van der Waals surface area contributed by atoms with E-state index in [1.165, 1.54) is 0 Å². The molecule has 2 rings (SSSR count). The molecule has 0 spiro atoms. The summed E-state index contributed by atoms with van der Waals surface area (Å²) < 4.78 is 0. The van der Waals surface area contributed by atoms with Crippen LogP contribution < -0.4 is 4.90 Å². The number of hydrogen-bond acceptors (Lipinski definition) is 5. The third-order valence-corrected chi connectivity index (χ3v) is 2.68. The zero-order valence-corrected chi connectivity index (χ0v) is 11.2. The average Bonchev–Trinajstić information content (AvgIpc) is 2.38. The minimum Gasteiger partial charge on any atom is -0.506 e. The first-order valence-corrected chi connectivity index (χ1v) is 5.91. The Balaban J connectivity index is 2.33. The van der Waals surface area contributed by atoms with Gasteiger partial charge in [-0.1, -0.05) is 6.07 Å². The molecule has 1 N–H and O–H groups in total. The molecule has 0 bridgehead atoms. The predicted octanol–water partition coefficient (Wildman–Crippen LogP) is 3.58. The van der Waals surface area contributed by atoms with E-state index in [1.54, 1.807) is 18.3 Å². The number of benzene rings is 1. The summed E-state index contributed by atoms with van der Waals surface area (Å²) in [6.07, 6.45) is 1.65. The molecule has 0 amide bonds. The van der Waals surface area contributed by atoms with Gasteiger partial charge in [0.2, 0.25) is 0 Å². The molecule has 0 atom stereocenters. The van der Waals surface area contributed by atoms with Crippen LogP contribution in [0.4, 0.5) is 17.2 Å². The third kappa shape index (κ3) is 3.07. The SMILES string of the molecule is Cc1cc(N(C)C)cc(O)c1/N=N/c1ccccn1. The summed E-state index contributed by atoms with van der Waals surface area (Å²) in [7, 11) is 3.84. The lowest BCUT2D eigenvalue weighted by Crippen LogP contribution is -2.08. The van der Waals surface area contributed by atoms with Gasteiger partial charge in [0.25, 0.3) is 0 Å². The van der Waals surface area contributed by atoms with Crippen molar-refractivity contribution in [1.29, 1.82) is 0 Å². The Bertz CT molecular complexity index is 571. The van der Waals surface area contributed by atoms with Crippen molar-refractivity contribution >= 4 is 17.2 Å². The topological polar surface area (TPSA) is 61.1 Å². The summed E-state index contributed by atoms with van der Waals surface area (Å²) in [6.45, 7) is 1.89. The highest BCUT2D eigenvalue weighted by molar-refractivity contribution is 5.65. The summed E-state index contributed by atoms with van der Waals surface area (Å²) >= 11 is 0. The summed E-state index contributed by atoms with van der Waals surface area (Å²) in [5.74, 6) is 0.626. The van der Waals surface area contributed by atoms with Crippen LogP contribution in [0.5, 0.6) is 5.75 Å². The standard InChI is InChI=1S/C14H16N4O/c1-10-8-11(18(2)3)9-12(19)14(10)17-16-13-6-4-5-7-15-13/h4-9,19H,1-3H3/b17-16+. The smallest absolute Gasteiger partial charge is 0.174 e. The fourth-order valence-electron chi connectivity index (χ4n) is 1.64. The van der Waals surface area contributed by atoms with E-state index in [9.17, 15) is 5.11 Å². The molecule has 19 heavy (non-hydrogen) atoms. The van der Waals surface area contributed by atoms with Crippen molar-refractivity contribution in [2.24, 2.45) is 10.2 Å². The molecule has 0 aliphatic rings. The number of nitrogens with zero attached hydrogens (tertiary/aromatic N) is 4. The minimum absolute atomic E-state index is 0.114. The van der Waals surface area contributed by atoms with Gasteiger partial charge in [0.1, 0.15) is 11.4 Å². The van der Waals surface area contributed by atoms with Gasteiger partial charge in [-0.2, -0.15) is 0 Å². The molecule has 0 saturated carbocycles. The largest absolute Gasteiger partial charge is 0.506 e. The molecule has 1 aromatic heterocycles. The van der Waals surface area contributed by atoms with Gasteiger partial charge < -0.3 is 10.0 Å². The van der Waals surface area contributed by atoms with Gasteiger partial charge in [0, 0.05) is 32.0 Å². The van der Waals surface area contributed by atoms with Crippen LogP contribution in [0.15, 0.2) is 46.8 Å². The van der Waals surface area contributed by atoms with Crippen LogP contribution in [0, 0.1) is 6.92 Å². The van der Waals surface area contributed by atoms with E-state index in [1.807, 2.05) is 44.1 Å². The van der Waals surface area contributed by atoms with E-state index in [0.29, 0.717) is 11.5 Å². The van der Waals surface area contributed by atoms with Crippen LogP contribution >= 0.6 is 0 Å². The van der Waals surface area contributed by atoms with Crippen molar-refractivity contribution in [3.05, 3.63) is 42.1 Å². The molecule has 5 heteroatoms. The highest BCUT2D eigenvalue weighted by Crippen LogP contribution is 2.35. The first-order valence-electron chi connectivity index (χ1n) is 5.91. The Kier molecular flexibility index (Phi) is 3.75. The quantitative estimate of drug-likeness (QED) is 0.854. The lowest BCUT2D eigenvalue weighted by atomic mass is 10.1. The molecule has 0 aliphatic heterocycles. The average molecular weight is 256 g/mol. The molecule has 0 unspecified atom stereocenters. The van der Waals surface area contributed by atoms with E-state index in [0.717, 1.165) is 11.3 Å². The molecule has 98 valence electrons. The number of pyridine rings is 1. The molecule has 0 aliphatic carbocycles. The number of aromatic hydroxyl groups is 1. The molecule has 1 aromatic carbocycles. The summed E-state index contributed by atoms with van der Waals surface area (Å²) in [5.41, 5.74) is 2.26. The normalized spacial score (nSPS) is 10.9. The highest BCUT2D eigenvalue weighted by Gasteiger charge is 2.08. The number of phenols is 1. The van der Waals surface area contributed by atoms with E-state index < -0.39 is 0 Å². The van der Waals surface area contributed by atoms with Crippen LogP contribution in [0.3, 0.4) is 0 Å². The van der Waals surface area contributed by atoms with Gasteiger partial charge in [0.15, 0.2) is 5.82 Å². The second-order valence-corrected chi connectivity index (χ2v) is 4.41. The summed E-state index contributed by atoms with van der Waals surface area (Å²) in [4.78, 5) is 5.97. The van der Waals surface area contributed by atoms with Crippen LogP contribution in [-0.4, -0.2) is 24.2 Å². The molecule has 0 saturated heterocycles. The van der Waals surface area contributed by atoms with E-state index in [2.05, 4.69) is 15.2 Å². The molecule has 0 fully saturated rings. The monoisotopic (exact) mass is 256 g/mol. The maximum atomic E-state index is 10.00. The number of aryl methyl sites for hydroxylation is 1. The van der Waals surface area contributed by atoms with Crippen molar-refractivity contribution < 1.29 is 5.11 Å². The van der Waals surface area contributed by atoms with Gasteiger partial charge in [-0.15, -0.1) is 10.2 Å². The second-order valence-electron chi connectivity index (χ2n) is 4.41. The fraction of sp³-hybridized carbons (Fsp3) is 0.214. The van der Waals surface area contributed by atoms with Gasteiger partial charge >= 0.3 is 0 Å². The predicted molar refractivity (Wildman–Crippen MR) is 75.6 cm³/mol. The van der Waals surface area contributed by atoms with Gasteiger partial charge in [-0.05, 0) is 30.7 Å². The van der Waals surface area contributed by atoms with Crippen LogP contribution in [0.1, 0.15) is 5.56 Å². The number of hydrogen-bond donors (Lipinski definition) is 1. The Labute approximate surface area is 112 Å². The third-order valence-electron chi connectivity index (χ3n) is 2.68. The first-order chi connectivity index (χ1) is 9.08. The molecular formula is C14H16N4O. The number of aromatic nitrogens is 1. The van der Waals surface area contributed by atoms with E-state index >= 15 is 0 Å². The lowest BCUT2D eigenvalue weighted by molar-refractivity contribution is 0.476.